The molecule has 0 saturated carbocycles. The summed E-state index contributed by atoms with van der Waals surface area (Å²) in [6, 6.07) is 20.2. The number of thioether (sulfide) groups is 1. The molecule has 6 rings (SSSR count). The largest absolute Gasteiger partial charge is 0.497 e. The van der Waals surface area contributed by atoms with Crippen LogP contribution in [0.4, 0.5) is 5.69 Å². The summed E-state index contributed by atoms with van der Waals surface area (Å²) in [5.74, 6) is 1.53. The first-order valence-corrected chi connectivity index (χ1v) is 14.9. The van der Waals surface area contributed by atoms with Crippen LogP contribution in [0.25, 0.3) is 10.2 Å². The summed E-state index contributed by atoms with van der Waals surface area (Å²) >= 11 is 4.98. The topological polar surface area (TPSA) is 92.2 Å². The highest BCUT2D eigenvalue weighted by molar-refractivity contribution is 8.00. The fourth-order valence-corrected chi connectivity index (χ4v) is 8.21. The van der Waals surface area contributed by atoms with Gasteiger partial charge in [-0.1, -0.05) is 23.9 Å². The van der Waals surface area contributed by atoms with Crippen molar-refractivity contribution in [1.82, 2.24) is 4.98 Å². The molecule has 2 aromatic heterocycles. The summed E-state index contributed by atoms with van der Waals surface area (Å²) < 4.78 is 7.51. The number of methoxy groups -OCH3 is 1. The molecular weight excluding hydrogens is 533 g/mol. The van der Waals surface area contributed by atoms with Gasteiger partial charge in [0.15, 0.2) is 10.1 Å². The van der Waals surface area contributed by atoms with Gasteiger partial charge >= 0.3 is 0 Å². The van der Waals surface area contributed by atoms with Gasteiger partial charge in [-0.3, -0.25) is 9.69 Å². The zero-order valence-corrected chi connectivity index (χ0v) is 23.1. The Balaban J connectivity index is 1.34. The van der Waals surface area contributed by atoms with Crippen LogP contribution in [0.5, 0.6) is 5.75 Å². The van der Waals surface area contributed by atoms with Crippen molar-refractivity contribution in [2.24, 2.45) is 5.73 Å². The quantitative estimate of drug-likeness (QED) is 0.257. The maximum absolute atomic E-state index is 13.4. The first-order chi connectivity index (χ1) is 18.6. The van der Waals surface area contributed by atoms with E-state index in [9.17, 15) is 10.1 Å². The van der Waals surface area contributed by atoms with Crippen LogP contribution in [0.1, 0.15) is 35.6 Å². The van der Waals surface area contributed by atoms with Crippen molar-refractivity contribution in [2.45, 2.75) is 35.3 Å². The number of ether oxygens (including phenoxy) is 1. The van der Waals surface area contributed by atoms with Crippen molar-refractivity contribution < 1.29 is 9.53 Å². The number of nitrogens with two attached hydrogens (primary N) is 1. The maximum Gasteiger partial charge on any atom is 0.161 e. The molecule has 4 aromatic rings. The molecule has 0 spiro atoms. The van der Waals surface area contributed by atoms with Gasteiger partial charge in [0, 0.05) is 34.0 Å². The number of allylic oxidation sites excluding steroid dienone is 3. The number of nitriles is 1. The van der Waals surface area contributed by atoms with E-state index in [2.05, 4.69) is 23.6 Å². The van der Waals surface area contributed by atoms with Crippen LogP contribution in [-0.4, -0.2) is 17.9 Å². The van der Waals surface area contributed by atoms with Crippen molar-refractivity contribution >= 4 is 56.1 Å². The number of fused-ring (bicyclic) bond motifs is 1. The minimum atomic E-state index is -0.441. The molecule has 3 heterocycles. The number of anilines is 1. The molecule has 1 unspecified atom stereocenters. The van der Waals surface area contributed by atoms with E-state index >= 15 is 0 Å². The smallest absolute Gasteiger partial charge is 0.161 e. The van der Waals surface area contributed by atoms with Gasteiger partial charge in [-0.05, 0) is 66.2 Å². The number of benzene rings is 2. The number of nitrogens with zero attached hydrogens (tertiary/aromatic N) is 3. The highest BCUT2D eigenvalue weighted by atomic mass is 32.2. The Morgan fingerprint density at radius 3 is 2.79 bits per heavy atom. The zero-order valence-electron chi connectivity index (χ0n) is 20.6. The van der Waals surface area contributed by atoms with Crippen LogP contribution in [0.2, 0.25) is 0 Å². The molecule has 0 radical (unpaired) electrons. The highest BCUT2D eigenvalue weighted by Crippen LogP contribution is 2.48. The average molecular weight is 557 g/mol. The second-order valence-electron chi connectivity index (χ2n) is 9.11. The molecule has 190 valence electrons. The number of para-hydroxylation sites is 1. The Morgan fingerprint density at radius 2 is 2.03 bits per heavy atom. The van der Waals surface area contributed by atoms with Gasteiger partial charge in [-0.15, -0.1) is 22.7 Å². The third-order valence-electron chi connectivity index (χ3n) is 6.84. The Morgan fingerprint density at radius 1 is 1.21 bits per heavy atom. The van der Waals surface area contributed by atoms with Crippen LogP contribution in [0, 0.1) is 11.3 Å². The molecule has 38 heavy (non-hydrogen) atoms. The van der Waals surface area contributed by atoms with Crippen LogP contribution in [0.15, 0.2) is 87.0 Å². The molecular formula is C29H24N4O2S3. The van der Waals surface area contributed by atoms with Crippen LogP contribution >= 0.6 is 34.4 Å². The first-order valence-electron chi connectivity index (χ1n) is 12.2. The summed E-state index contributed by atoms with van der Waals surface area (Å²) in [6.45, 7) is 0. The predicted octanol–water partition coefficient (Wildman–Crippen LogP) is 6.96. The Kier molecular flexibility index (Phi) is 6.70. The Labute approximate surface area is 233 Å². The Hall–Kier alpha value is -3.58. The van der Waals surface area contributed by atoms with Gasteiger partial charge in [-0.2, -0.15) is 5.26 Å². The second-order valence-corrected chi connectivity index (χ2v) is 12.3. The number of carbonyl (C=O) groups is 1. The van der Waals surface area contributed by atoms with Gasteiger partial charge in [0.2, 0.25) is 0 Å². The lowest BCUT2D eigenvalue weighted by Gasteiger charge is -2.39. The SMILES string of the molecule is COc1ccc(N2C(N)=C(C#N)C(c3cc(CSc4nc5ccccc5s4)cs3)C3=C2CCCC3=O)cc1. The molecule has 1 aliphatic heterocycles. The molecule has 2 aromatic carbocycles. The van der Waals surface area contributed by atoms with Crippen LogP contribution in [-0.2, 0) is 10.5 Å². The normalized spacial score (nSPS) is 17.6. The number of Topliss-reactive ketones (excluding diaryl/α,β-unsaturated/α-hetero) is 1. The molecule has 0 saturated heterocycles. The van der Waals surface area contributed by atoms with Gasteiger partial charge in [0.1, 0.15) is 11.6 Å². The molecule has 2 N–H and O–H groups in total. The average Bonchev–Trinajstić information content (AvgIpc) is 3.58. The number of carbonyl (C=O) groups excluding carboxylic acids is 1. The lowest BCUT2D eigenvalue weighted by Crippen LogP contribution is -2.38. The molecule has 0 fully saturated rings. The second kappa shape index (κ2) is 10.3. The summed E-state index contributed by atoms with van der Waals surface area (Å²) in [6.07, 6.45) is 1.98. The van der Waals surface area contributed by atoms with Crippen molar-refractivity contribution in [3.05, 3.63) is 93.1 Å². The van der Waals surface area contributed by atoms with Crippen molar-refractivity contribution in [2.75, 3.05) is 12.0 Å². The minimum Gasteiger partial charge on any atom is -0.497 e. The summed E-state index contributed by atoms with van der Waals surface area (Å²) in [5.41, 5.74) is 11.7. The highest BCUT2D eigenvalue weighted by Gasteiger charge is 2.40. The van der Waals surface area contributed by atoms with Crippen molar-refractivity contribution in [3.8, 4) is 11.8 Å². The zero-order chi connectivity index (χ0) is 26.2. The number of aromatic nitrogens is 1. The fraction of sp³-hybridized carbons (Fsp3) is 0.207. The first kappa shape index (κ1) is 24.7. The number of thiophene rings is 1. The van der Waals surface area contributed by atoms with E-state index in [4.69, 9.17) is 15.5 Å². The molecule has 0 amide bonds. The molecule has 9 heteroatoms. The molecule has 1 aliphatic carbocycles. The van der Waals surface area contributed by atoms with Gasteiger partial charge in [-0.25, -0.2) is 4.98 Å². The summed E-state index contributed by atoms with van der Waals surface area (Å²) in [4.78, 5) is 21.0. The van der Waals surface area contributed by atoms with E-state index in [0.29, 0.717) is 23.4 Å². The van der Waals surface area contributed by atoms with Crippen molar-refractivity contribution in [1.29, 1.82) is 5.26 Å². The number of thiazole rings is 1. The standard InChI is InChI=1S/C29H24N4O2S3/c1-35-19-11-9-18(10-12-19)33-22-6-4-7-23(34)27(22)26(20(14-30)28(33)31)25-13-17(15-36-25)16-37-29-32-21-5-2-3-8-24(21)38-29/h2-3,5,8-13,15,26H,4,6-7,16,31H2,1H3. The number of rotatable bonds is 6. The van der Waals surface area contributed by atoms with Crippen LogP contribution in [0.3, 0.4) is 0 Å². The van der Waals surface area contributed by atoms with E-state index in [1.54, 1.807) is 41.5 Å². The Bertz CT molecular complexity index is 1610. The lowest BCUT2D eigenvalue weighted by molar-refractivity contribution is -0.116. The van der Waals surface area contributed by atoms with Crippen molar-refractivity contribution in [3.63, 3.8) is 0 Å². The van der Waals surface area contributed by atoms with Gasteiger partial charge < -0.3 is 10.5 Å². The summed E-state index contributed by atoms with van der Waals surface area (Å²) in [7, 11) is 1.62. The molecule has 0 bridgehead atoms. The fourth-order valence-electron chi connectivity index (χ4n) is 5.08. The maximum atomic E-state index is 13.4. The molecule has 6 nitrogen and oxygen atoms in total. The van der Waals surface area contributed by atoms with Gasteiger partial charge in [0.05, 0.1) is 34.9 Å². The van der Waals surface area contributed by atoms with Gasteiger partial charge in [0.25, 0.3) is 0 Å². The van der Waals surface area contributed by atoms with E-state index in [0.717, 1.165) is 56.0 Å². The minimum absolute atomic E-state index is 0.0915. The van der Waals surface area contributed by atoms with E-state index < -0.39 is 5.92 Å². The van der Waals surface area contributed by atoms with E-state index in [1.807, 2.05) is 47.4 Å². The predicted molar refractivity (Wildman–Crippen MR) is 154 cm³/mol. The number of hydrogen-bond donors (Lipinski definition) is 1. The number of ketones is 1. The van der Waals surface area contributed by atoms with E-state index in [-0.39, 0.29) is 5.78 Å². The monoisotopic (exact) mass is 556 g/mol. The lowest BCUT2D eigenvalue weighted by atomic mass is 9.78. The molecule has 2 aliphatic rings. The van der Waals surface area contributed by atoms with E-state index in [1.165, 1.54) is 4.70 Å². The number of hydrogen-bond acceptors (Lipinski definition) is 9. The third kappa shape index (κ3) is 4.39. The van der Waals surface area contributed by atoms with Crippen LogP contribution < -0.4 is 15.4 Å². The third-order valence-corrected chi connectivity index (χ3v) is 10.1. The molecule has 1 atom stereocenters. The summed E-state index contributed by atoms with van der Waals surface area (Å²) in [5, 5.41) is 12.4.